The van der Waals surface area contributed by atoms with Gasteiger partial charge in [-0.15, -0.1) is 5.10 Å². The van der Waals surface area contributed by atoms with Crippen molar-refractivity contribution in [2.75, 3.05) is 5.32 Å². The van der Waals surface area contributed by atoms with Gasteiger partial charge < -0.3 is 5.32 Å². The Kier molecular flexibility index (Phi) is 3.38. The normalized spacial score (nSPS) is 10.2. The number of carbonyl (C=O) groups excluding carboxylic acids is 1. The van der Waals surface area contributed by atoms with E-state index in [9.17, 15) is 14.9 Å². The predicted molar refractivity (Wildman–Crippen MR) is 65.1 cm³/mol. The smallest absolute Gasteiger partial charge is 0.295 e. The summed E-state index contributed by atoms with van der Waals surface area (Å²) in [5.74, 6) is -0.436. The van der Waals surface area contributed by atoms with Crippen LogP contribution in [0.4, 0.5) is 11.4 Å². The van der Waals surface area contributed by atoms with Crippen LogP contribution in [0.25, 0.3) is 5.69 Å². The highest BCUT2D eigenvalue weighted by molar-refractivity contribution is 6.33. The first-order valence-electron chi connectivity index (χ1n) is 4.98. The number of anilines is 1. The zero-order chi connectivity index (χ0) is 14.0. The van der Waals surface area contributed by atoms with Crippen molar-refractivity contribution >= 4 is 28.9 Å². The molecule has 9 nitrogen and oxygen atoms in total. The van der Waals surface area contributed by atoms with Crippen LogP contribution in [0.1, 0.15) is 6.92 Å². The average molecular weight is 283 g/mol. The van der Waals surface area contributed by atoms with Crippen LogP contribution in [-0.2, 0) is 4.79 Å². The Labute approximate surface area is 111 Å². The van der Waals surface area contributed by atoms with Gasteiger partial charge in [-0.05, 0) is 16.5 Å². The van der Waals surface area contributed by atoms with Gasteiger partial charge in [0, 0.05) is 13.0 Å². The lowest BCUT2D eigenvalue weighted by Crippen LogP contribution is -2.09. The summed E-state index contributed by atoms with van der Waals surface area (Å²) in [7, 11) is 0. The zero-order valence-electron chi connectivity index (χ0n) is 9.57. The SMILES string of the molecule is CC(=O)Nc1cc(Cl)c(-n2cnnn2)cc1[N+](=O)[O-]. The number of nitrogens with zero attached hydrogens (tertiary/aromatic N) is 5. The summed E-state index contributed by atoms with van der Waals surface area (Å²) < 4.78 is 1.19. The Balaban J connectivity index is 2.58. The van der Waals surface area contributed by atoms with Gasteiger partial charge in [0.05, 0.1) is 15.6 Å². The van der Waals surface area contributed by atoms with Crippen LogP contribution in [0, 0.1) is 10.1 Å². The zero-order valence-corrected chi connectivity index (χ0v) is 10.3. The third-order valence-corrected chi connectivity index (χ3v) is 2.47. The van der Waals surface area contributed by atoms with Crippen LogP contribution >= 0.6 is 11.6 Å². The van der Waals surface area contributed by atoms with Crippen molar-refractivity contribution in [3.05, 3.63) is 33.6 Å². The van der Waals surface area contributed by atoms with Gasteiger partial charge >= 0.3 is 0 Å². The number of hydrogen-bond donors (Lipinski definition) is 1. The monoisotopic (exact) mass is 282 g/mol. The molecular formula is C9H7ClN6O3. The molecule has 1 amide bonds. The standard InChI is InChI=1S/C9H7ClN6O3/c1-5(17)12-7-2-6(10)8(3-9(7)16(18)19)15-4-11-13-14-15/h2-4H,1H3,(H,12,17). The fraction of sp³-hybridized carbons (Fsp3) is 0.111. The first kappa shape index (κ1) is 12.9. The van der Waals surface area contributed by atoms with Crippen LogP contribution in [0.15, 0.2) is 18.5 Å². The lowest BCUT2D eigenvalue weighted by Gasteiger charge is -2.07. The van der Waals surface area contributed by atoms with E-state index in [2.05, 4.69) is 20.8 Å². The number of nitrogens with one attached hydrogen (secondary N) is 1. The van der Waals surface area contributed by atoms with Crippen LogP contribution in [0.2, 0.25) is 5.02 Å². The molecule has 0 aliphatic carbocycles. The van der Waals surface area contributed by atoms with E-state index >= 15 is 0 Å². The third kappa shape index (κ3) is 2.65. The van der Waals surface area contributed by atoms with Gasteiger partial charge in [-0.25, -0.2) is 0 Å². The van der Waals surface area contributed by atoms with Crippen molar-refractivity contribution in [1.29, 1.82) is 0 Å². The number of halogens is 1. The summed E-state index contributed by atoms with van der Waals surface area (Å²) in [5.41, 5.74) is -0.0445. The topological polar surface area (TPSA) is 116 Å². The molecule has 0 saturated carbocycles. The molecule has 1 aromatic heterocycles. The largest absolute Gasteiger partial charge is 0.321 e. The molecular weight excluding hydrogens is 276 g/mol. The van der Waals surface area contributed by atoms with Gasteiger partial charge in [0.15, 0.2) is 0 Å². The first-order valence-corrected chi connectivity index (χ1v) is 5.35. The summed E-state index contributed by atoms with van der Waals surface area (Å²) in [6.45, 7) is 1.24. The molecule has 0 radical (unpaired) electrons. The summed E-state index contributed by atoms with van der Waals surface area (Å²) in [6.07, 6.45) is 1.25. The van der Waals surface area contributed by atoms with Gasteiger partial charge in [-0.1, -0.05) is 11.6 Å². The van der Waals surface area contributed by atoms with Crippen molar-refractivity contribution in [3.8, 4) is 5.69 Å². The maximum atomic E-state index is 11.0. The second-order valence-electron chi connectivity index (χ2n) is 3.51. The molecule has 98 valence electrons. The number of nitro groups is 1. The van der Waals surface area contributed by atoms with Gasteiger partial charge in [0.2, 0.25) is 5.91 Å². The molecule has 19 heavy (non-hydrogen) atoms. The third-order valence-electron chi connectivity index (χ3n) is 2.17. The van der Waals surface area contributed by atoms with Crippen LogP contribution in [0.3, 0.4) is 0 Å². The van der Waals surface area contributed by atoms with E-state index in [1.165, 1.54) is 30.1 Å². The number of benzene rings is 1. The van der Waals surface area contributed by atoms with E-state index in [1.54, 1.807) is 0 Å². The molecule has 0 atom stereocenters. The fourth-order valence-corrected chi connectivity index (χ4v) is 1.69. The number of aromatic nitrogens is 4. The van der Waals surface area contributed by atoms with Gasteiger partial charge in [-0.3, -0.25) is 14.9 Å². The second kappa shape index (κ2) is 4.98. The van der Waals surface area contributed by atoms with E-state index in [1.807, 2.05) is 0 Å². The minimum atomic E-state index is -0.630. The lowest BCUT2D eigenvalue weighted by atomic mass is 10.2. The molecule has 1 aromatic carbocycles. The van der Waals surface area contributed by atoms with Gasteiger partial charge in [-0.2, -0.15) is 4.68 Å². The Morgan fingerprint density at radius 2 is 2.26 bits per heavy atom. The van der Waals surface area contributed by atoms with Crippen molar-refractivity contribution in [3.63, 3.8) is 0 Å². The summed E-state index contributed by atoms with van der Waals surface area (Å²) in [5, 5.41) is 23.9. The lowest BCUT2D eigenvalue weighted by molar-refractivity contribution is -0.383. The highest BCUT2D eigenvalue weighted by Crippen LogP contribution is 2.32. The highest BCUT2D eigenvalue weighted by Gasteiger charge is 2.19. The maximum absolute atomic E-state index is 11.0. The number of nitro benzene ring substituents is 1. The molecule has 0 fully saturated rings. The predicted octanol–water partition coefficient (Wildman–Crippen LogP) is 1.18. The highest BCUT2D eigenvalue weighted by atomic mass is 35.5. The van der Waals surface area contributed by atoms with Crippen LogP contribution in [-0.4, -0.2) is 31.0 Å². The number of rotatable bonds is 3. The molecule has 0 spiro atoms. The number of hydrogen-bond acceptors (Lipinski definition) is 6. The van der Waals surface area contributed by atoms with E-state index in [-0.39, 0.29) is 22.1 Å². The van der Waals surface area contributed by atoms with Crippen molar-refractivity contribution in [1.82, 2.24) is 20.2 Å². The van der Waals surface area contributed by atoms with E-state index in [0.717, 1.165) is 0 Å². The molecule has 2 rings (SSSR count). The van der Waals surface area contributed by atoms with Crippen LogP contribution < -0.4 is 5.32 Å². The van der Waals surface area contributed by atoms with E-state index in [4.69, 9.17) is 11.6 Å². The Morgan fingerprint density at radius 3 is 2.79 bits per heavy atom. The molecule has 10 heteroatoms. The van der Waals surface area contributed by atoms with Gasteiger partial charge in [0.25, 0.3) is 5.69 Å². The number of amides is 1. The number of carbonyl (C=O) groups is 1. The Bertz CT molecular complexity index is 642. The molecule has 2 aromatic rings. The molecule has 1 heterocycles. The molecule has 0 aliphatic rings. The maximum Gasteiger partial charge on any atom is 0.295 e. The minimum absolute atomic E-state index is 0.0133. The molecule has 0 unspecified atom stereocenters. The van der Waals surface area contributed by atoms with Crippen LogP contribution in [0.5, 0.6) is 0 Å². The molecule has 0 aliphatic heterocycles. The molecule has 0 saturated heterocycles. The van der Waals surface area contributed by atoms with E-state index in [0.29, 0.717) is 0 Å². The van der Waals surface area contributed by atoms with Gasteiger partial charge in [0.1, 0.15) is 12.0 Å². The quantitative estimate of drug-likeness (QED) is 0.667. The fourth-order valence-electron chi connectivity index (χ4n) is 1.44. The molecule has 1 N–H and O–H groups in total. The summed E-state index contributed by atoms with van der Waals surface area (Å²) in [4.78, 5) is 21.4. The Morgan fingerprint density at radius 1 is 1.53 bits per heavy atom. The van der Waals surface area contributed by atoms with Crippen molar-refractivity contribution < 1.29 is 9.72 Å². The summed E-state index contributed by atoms with van der Waals surface area (Å²) >= 11 is 5.99. The number of tetrazole rings is 1. The Hall–Kier alpha value is -2.55. The van der Waals surface area contributed by atoms with Crippen molar-refractivity contribution in [2.24, 2.45) is 0 Å². The second-order valence-corrected chi connectivity index (χ2v) is 3.92. The van der Waals surface area contributed by atoms with E-state index < -0.39 is 10.8 Å². The first-order chi connectivity index (χ1) is 8.99. The molecule has 0 bridgehead atoms. The minimum Gasteiger partial charge on any atom is -0.321 e. The van der Waals surface area contributed by atoms with Crippen molar-refractivity contribution in [2.45, 2.75) is 6.92 Å². The summed E-state index contributed by atoms with van der Waals surface area (Å²) in [6, 6.07) is 2.46. The average Bonchev–Trinajstić information content (AvgIpc) is 2.81.